The number of carbonyl (C=O) groups excluding carboxylic acids is 1. The molecule has 0 spiro atoms. The van der Waals surface area contributed by atoms with Crippen LogP contribution in [0.3, 0.4) is 0 Å². The van der Waals surface area contributed by atoms with E-state index in [-0.39, 0.29) is 11.7 Å². The molecule has 0 fully saturated rings. The Labute approximate surface area is 114 Å². The van der Waals surface area contributed by atoms with Crippen LogP contribution >= 0.6 is 0 Å². The first-order valence-electron chi connectivity index (χ1n) is 7.15. The lowest BCUT2D eigenvalue weighted by Crippen LogP contribution is -2.15. The third-order valence-electron chi connectivity index (χ3n) is 3.54. The number of hydrogen-bond donors (Lipinski definition) is 0. The molecule has 0 N–H and O–H groups in total. The van der Waals surface area contributed by atoms with Crippen LogP contribution in [0.4, 0.5) is 0 Å². The van der Waals surface area contributed by atoms with E-state index in [0.29, 0.717) is 0 Å². The summed E-state index contributed by atoms with van der Waals surface area (Å²) in [4.78, 5) is 17.1. The molecule has 2 nitrogen and oxygen atoms in total. The van der Waals surface area contributed by atoms with Crippen LogP contribution in [-0.4, -0.2) is 10.8 Å². The fourth-order valence-corrected chi connectivity index (χ4v) is 2.63. The maximum atomic E-state index is 12.7. The number of fused-ring (bicyclic) bond motifs is 1. The van der Waals surface area contributed by atoms with Crippen LogP contribution in [0.1, 0.15) is 49.9 Å². The van der Waals surface area contributed by atoms with Crippen molar-refractivity contribution in [2.75, 3.05) is 0 Å². The van der Waals surface area contributed by atoms with Gasteiger partial charge in [0.15, 0.2) is 5.78 Å². The van der Waals surface area contributed by atoms with Gasteiger partial charge in [-0.2, -0.15) is 0 Å². The van der Waals surface area contributed by atoms with E-state index in [2.05, 4.69) is 18.8 Å². The first-order chi connectivity index (χ1) is 9.27. The highest BCUT2D eigenvalue weighted by molar-refractivity contribution is 6.07. The molecule has 2 heteroatoms. The second kappa shape index (κ2) is 6.46. The van der Waals surface area contributed by atoms with Gasteiger partial charge in [0.25, 0.3) is 0 Å². The number of pyridine rings is 1. The van der Waals surface area contributed by atoms with Gasteiger partial charge in [0.2, 0.25) is 0 Å². The maximum absolute atomic E-state index is 12.7. The largest absolute Gasteiger partial charge is 0.294 e. The second-order valence-corrected chi connectivity index (χ2v) is 5.02. The highest BCUT2D eigenvalue weighted by Crippen LogP contribution is 2.24. The number of benzene rings is 1. The summed E-state index contributed by atoms with van der Waals surface area (Å²) in [5.41, 5.74) is 1.62. The summed E-state index contributed by atoms with van der Waals surface area (Å²) in [6.07, 6.45) is 5.79. The summed E-state index contributed by atoms with van der Waals surface area (Å²) in [5.74, 6) is 0.399. The quantitative estimate of drug-likeness (QED) is 0.704. The summed E-state index contributed by atoms with van der Waals surface area (Å²) < 4.78 is 0. The van der Waals surface area contributed by atoms with Crippen molar-refractivity contribution < 1.29 is 4.79 Å². The van der Waals surface area contributed by atoms with Crippen molar-refractivity contribution in [2.24, 2.45) is 5.92 Å². The van der Waals surface area contributed by atoms with Crippen molar-refractivity contribution in [3.8, 4) is 0 Å². The minimum absolute atomic E-state index is 0.141. The Morgan fingerprint density at radius 2 is 1.79 bits per heavy atom. The van der Waals surface area contributed by atoms with Crippen molar-refractivity contribution in [3.05, 3.63) is 42.1 Å². The van der Waals surface area contributed by atoms with Gasteiger partial charge in [0, 0.05) is 23.1 Å². The molecule has 1 aromatic carbocycles. The lowest BCUT2D eigenvalue weighted by Gasteiger charge is -2.15. The number of rotatable bonds is 6. The lowest BCUT2D eigenvalue weighted by molar-refractivity contribution is 0.0906. The first kappa shape index (κ1) is 13.7. The highest BCUT2D eigenvalue weighted by atomic mass is 16.1. The summed E-state index contributed by atoms with van der Waals surface area (Å²) in [7, 11) is 0. The first-order valence-corrected chi connectivity index (χ1v) is 7.15. The summed E-state index contributed by atoms with van der Waals surface area (Å²) >= 11 is 0. The van der Waals surface area contributed by atoms with Crippen molar-refractivity contribution in [1.29, 1.82) is 0 Å². The van der Waals surface area contributed by atoms with Gasteiger partial charge >= 0.3 is 0 Å². The summed E-state index contributed by atoms with van der Waals surface area (Å²) in [5, 5.41) is 1.04. The van der Waals surface area contributed by atoms with Gasteiger partial charge in [-0.15, -0.1) is 0 Å². The van der Waals surface area contributed by atoms with Crippen LogP contribution in [0.5, 0.6) is 0 Å². The van der Waals surface area contributed by atoms with Crippen LogP contribution in [-0.2, 0) is 0 Å². The molecule has 0 bridgehead atoms. The Bertz CT molecular complexity index is 551. The fraction of sp³-hybridized carbons (Fsp3) is 0.412. The molecule has 0 radical (unpaired) electrons. The van der Waals surface area contributed by atoms with Crippen LogP contribution in [0, 0.1) is 5.92 Å². The molecule has 100 valence electrons. The van der Waals surface area contributed by atoms with Gasteiger partial charge in [0.05, 0.1) is 5.52 Å². The normalized spacial score (nSPS) is 11.1. The topological polar surface area (TPSA) is 30.0 Å². The second-order valence-electron chi connectivity index (χ2n) is 5.02. The SMILES string of the molecule is CCCC(CCC)C(=O)c1cccc2cccnc12. The number of nitrogens with zero attached hydrogens (tertiary/aromatic N) is 1. The molecule has 0 saturated carbocycles. The van der Waals surface area contributed by atoms with Gasteiger partial charge in [-0.05, 0) is 25.0 Å². The Morgan fingerprint density at radius 3 is 2.47 bits per heavy atom. The number of aromatic nitrogens is 1. The number of Topliss-reactive ketones (excluding diaryl/α,β-unsaturated/α-hetero) is 1. The molecular weight excluding hydrogens is 234 g/mol. The van der Waals surface area contributed by atoms with E-state index in [4.69, 9.17) is 0 Å². The predicted octanol–water partition coefficient (Wildman–Crippen LogP) is 4.63. The van der Waals surface area contributed by atoms with Gasteiger partial charge in [-0.25, -0.2) is 0 Å². The molecule has 1 heterocycles. The number of hydrogen-bond acceptors (Lipinski definition) is 2. The minimum atomic E-state index is 0.141. The average molecular weight is 255 g/mol. The molecule has 0 atom stereocenters. The van der Waals surface area contributed by atoms with Crippen molar-refractivity contribution in [3.63, 3.8) is 0 Å². The maximum Gasteiger partial charge on any atom is 0.168 e. The lowest BCUT2D eigenvalue weighted by atomic mass is 9.89. The molecule has 0 saturated heterocycles. The van der Waals surface area contributed by atoms with Crippen molar-refractivity contribution in [1.82, 2.24) is 4.98 Å². The van der Waals surface area contributed by atoms with Crippen LogP contribution < -0.4 is 0 Å². The van der Waals surface area contributed by atoms with E-state index in [0.717, 1.165) is 42.1 Å². The third-order valence-corrected chi connectivity index (χ3v) is 3.54. The van der Waals surface area contributed by atoms with E-state index >= 15 is 0 Å². The smallest absolute Gasteiger partial charge is 0.168 e. The molecule has 0 amide bonds. The zero-order valence-electron chi connectivity index (χ0n) is 11.7. The zero-order chi connectivity index (χ0) is 13.7. The molecule has 2 aromatic rings. The standard InChI is InChI=1S/C17H21NO/c1-3-7-14(8-4-2)17(19)15-11-5-9-13-10-6-12-18-16(13)15/h5-6,9-12,14H,3-4,7-8H2,1-2H3. The molecule has 0 aliphatic carbocycles. The highest BCUT2D eigenvalue weighted by Gasteiger charge is 2.20. The predicted molar refractivity (Wildman–Crippen MR) is 79.4 cm³/mol. The van der Waals surface area contributed by atoms with Crippen LogP contribution in [0.15, 0.2) is 36.5 Å². The zero-order valence-corrected chi connectivity index (χ0v) is 11.7. The molecule has 0 unspecified atom stereocenters. The van der Waals surface area contributed by atoms with E-state index in [1.54, 1.807) is 6.20 Å². The van der Waals surface area contributed by atoms with E-state index in [9.17, 15) is 4.79 Å². The van der Waals surface area contributed by atoms with Gasteiger partial charge < -0.3 is 0 Å². The number of carbonyl (C=O) groups is 1. The Kier molecular flexibility index (Phi) is 4.67. The van der Waals surface area contributed by atoms with E-state index < -0.39 is 0 Å². The number of ketones is 1. The van der Waals surface area contributed by atoms with Gasteiger partial charge in [-0.3, -0.25) is 9.78 Å². The summed E-state index contributed by atoms with van der Waals surface area (Å²) in [6.45, 7) is 4.27. The average Bonchev–Trinajstić information content (AvgIpc) is 2.46. The Morgan fingerprint density at radius 1 is 1.11 bits per heavy atom. The van der Waals surface area contributed by atoms with Gasteiger partial charge in [-0.1, -0.05) is 44.9 Å². The monoisotopic (exact) mass is 255 g/mol. The molecule has 1 aromatic heterocycles. The summed E-state index contributed by atoms with van der Waals surface area (Å²) in [6, 6.07) is 9.79. The van der Waals surface area contributed by atoms with Crippen LogP contribution in [0.25, 0.3) is 10.9 Å². The van der Waals surface area contributed by atoms with Crippen molar-refractivity contribution in [2.45, 2.75) is 39.5 Å². The minimum Gasteiger partial charge on any atom is -0.294 e. The molecule has 0 aliphatic rings. The van der Waals surface area contributed by atoms with Gasteiger partial charge in [0.1, 0.15) is 0 Å². The fourth-order valence-electron chi connectivity index (χ4n) is 2.63. The molecular formula is C17H21NO. The Balaban J connectivity index is 2.39. The Hall–Kier alpha value is -1.70. The molecule has 19 heavy (non-hydrogen) atoms. The van der Waals surface area contributed by atoms with E-state index in [1.165, 1.54) is 0 Å². The van der Waals surface area contributed by atoms with E-state index in [1.807, 2.05) is 30.3 Å². The molecule has 2 rings (SSSR count). The van der Waals surface area contributed by atoms with Crippen molar-refractivity contribution >= 4 is 16.7 Å². The third kappa shape index (κ3) is 3.01. The number of para-hydroxylation sites is 1. The molecule has 0 aliphatic heterocycles. The van der Waals surface area contributed by atoms with Crippen LogP contribution in [0.2, 0.25) is 0 Å².